The van der Waals surface area contributed by atoms with Gasteiger partial charge >= 0.3 is 12.2 Å². The summed E-state index contributed by atoms with van der Waals surface area (Å²) in [7, 11) is 2.55. The minimum Gasteiger partial charge on any atom is -0.453 e. The van der Waals surface area contributed by atoms with E-state index in [2.05, 4.69) is 40.9 Å². The number of aromatic nitrogens is 6. The van der Waals surface area contributed by atoms with Crippen molar-refractivity contribution in [1.29, 1.82) is 0 Å². The van der Waals surface area contributed by atoms with Gasteiger partial charge in [-0.3, -0.25) is 14.4 Å². The topological polar surface area (TPSA) is 235 Å². The fourth-order valence-electron chi connectivity index (χ4n) is 8.52. The molecule has 0 bridgehead atoms. The van der Waals surface area contributed by atoms with Gasteiger partial charge in [0.25, 0.3) is 5.91 Å². The Hall–Kier alpha value is -6.85. The zero-order valence-corrected chi connectivity index (χ0v) is 35.0. The van der Waals surface area contributed by atoms with Crippen LogP contribution in [0.25, 0.3) is 44.2 Å². The highest BCUT2D eigenvalue weighted by Gasteiger charge is 2.39. The number of fused-ring (bicyclic) bond motifs is 3. The van der Waals surface area contributed by atoms with Crippen molar-refractivity contribution in [3.63, 3.8) is 0 Å². The van der Waals surface area contributed by atoms with Gasteiger partial charge in [0.2, 0.25) is 11.8 Å². The Bertz CT molecular complexity index is 2590. The molecule has 0 radical (unpaired) electrons. The van der Waals surface area contributed by atoms with Crippen LogP contribution in [0.2, 0.25) is 0 Å². The maximum atomic E-state index is 13.6. The maximum absolute atomic E-state index is 13.6. The van der Waals surface area contributed by atoms with Crippen molar-refractivity contribution < 1.29 is 33.4 Å². The van der Waals surface area contributed by atoms with Gasteiger partial charge in [0, 0.05) is 40.6 Å². The summed E-state index contributed by atoms with van der Waals surface area (Å²) < 4.78 is 9.51. The number of imidazole rings is 2. The fraction of sp³-hybridized carbons (Fsp3) is 0.419. The van der Waals surface area contributed by atoms with Crippen LogP contribution < -0.4 is 16.0 Å². The Kier molecular flexibility index (Phi) is 11.2. The van der Waals surface area contributed by atoms with Crippen LogP contribution in [-0.4, -0.2) is 109 Å². The Morgan fingerprint density at radius 1 is 0.689 bits per heavy atom. The number of nitrogens with zero attached hydrogens (tertiary/aromatic N) is 4. The molecule has 5 amide bonds. The van der Waals surface area contributed by atoms with E-state index in [1.165, 1.54) is 14.2 Å². The average molecular weight is 834 g/mol. The Balaban J connectivity index is 0.946. The molecule has 0 saturated carbocycles. The molecule has 6 aromatic rings. The molecule has 2 aliphatic rings. The second kappa shape index (κ2) is 16.7. The number of H-pyrrole nitrogens is 4. The van der Waals surface area contributed by atoms with E-state index in [4.69, 9.17) is 14.5 Å². The fourth-order valence-corrected chi connectivity index (χ4v) is 8.52. The summed E-state index contributed by atoms with van der Waals surface area (Å²) in [5.41, 5.74) is 5.62. The third-order valence-electron chi connectivity index (χ3n) is 11.7. The lowest BCUT2D eigenvalue weighted by atomic mass is 10.0. The third-order valence-corrected chi connectivity index (χ3v) is 11.7. The smallest absolute Gasteiger partial charge is 0.407 e. The Labute approximate surface area is 350 Å². The molecular weight excluding hydrogens is 783 g/mol. The standard InChI is InChI=1S/C43H51N11O7/c1-21(2)35(51-42(58)60-5)40(56)53-13-7-9-33(53)37-44-20-32(50-37)29-16-23-15-24-17-31(47-28(24)19-27(23)46-29)39(55)45-25-11-12-26-30(18-25)49-38(48-26)34-10-8-14-54(34)41(57)36(22(3)4)52-43(59)61-6/h11-12,15-22,33-36,46-47H,7-10,13-14H2,1-6H3,(H,44,50)(H,45,55)(H,48,49)(H,51,58)(H,52,59). The number of anilines is 1. The zero-order chi connectivity index (χ0) is 43.1. The predicted molar refractivity (Wildman–Crippen MR) is 227 cm³/mol. The number of nitrogens with one attached hydrogen (secondary N) is 7. The van der Waals surface area contributed by atoms with Gasteiger partial charge in [-0.05, 0) is 80.0 Å². The lowest BCUT2D eigenvalue weighted by Gasteiger charge is -2.30. The summed E-state index contributed by atoms with van der Waals surface area (Å²) in [6, 6.07) is 11.3. The molecule has 7 N–H and O–H groups in total. The number of amides is 5. The molecule has 4 atom stereocenters. The van der Waals surface area contributed by atoms with Gasteiger partial charge in [0.1, 0.15) is 29.4 Å². The first-order chi connectivity index (χ1) is 29.3. The highest BCUT2D eigenvalue weighted by molar-refractivity contribution is 6.08. The number of methoxy groups -OCH3 is 2. The number of carbonyl (C=O) groups is 5. The lowest BCUT2D eigenvalue weighted by molar-refractivity contribution is -0.136. The average Bonchev–Trinajstić information content (AvgIpc) is 4.10. The number of aromatic amines is 4. The van der Waals surface area contributed by atoms with Gasteiger partial charge in [-0.25, -0.2) is 19.6 Å². The molecule has 4 unspecified atom stereocenters. The van der Waals surface area contributed by atoms with Crippen LogP contribution in [0.4, 0.5) is 15.3 Å². The number of hydrogen-bond acceptors (Lipinski definition) is 9. The van der Waals surface area contributed by atoms with E-state index in [0.29, 0.717) is 47.2 Å². The molecule has 2 aliphatic heterocycles. The highest BCUT2D eigenvalue weighted by Crippen LogP contribution is 2.35. The first-order valence-corrected chi connectivity index (χ1v) is 20.6. The summed E-state index contributed by atoms with van der Waals surface area (Å²) in [4.78, 5) is 91.2. The van der Waals surface area contributed by atoms with Crippen molar-refractivity contribution in [2.75, 3.05) is 32.6 Å². The van der Waals surface area contributed by atoms with Crippen molar-refractivity contribution in [3.05, 3.63) is 66.0 Å². The molecule has 0 spiro atoms. The van der Waals surface area contributed by atoms with Gasteiger partial charge in [-0.15, -0.1) is 0 Å². The molecule has 320 valence electrons. The number of carbonyl (C=O) groups excluding carboxylic acids is 5. The molecule has 61 heavy (non-hydrogen) atoms. The molecule has 8 rings (SSSR count). The van der Waals surface area contributed by atoms with Crippen LogP contribution in [0.15, 0.2) is 48.7 Å². The molecule has 2 fully saturated rings. The first-order valence-electron chi connectivity index (χ1n) is 20.6. The second-order valence-electron chi connectivity index (χ2n) is 16.5. The molecule has 18 nitrogen and oxygen atoms in total. The zero-order valence-electron chi connectivity index (χ0n) is 35.0. The molecule has 4 aromatic heterocycles. The summed E-state index contributed by atoms with van der Waals surface area (Å²) >= 11 is 0. The summed E-state index contributed by atoms with van der Waals surface area (Å²) in [6.07, 6.45) is 3.54. The van der Waals surface area contributed by atoms with Gasteiger partial charge < -0.3 is 55.2 Å². The van der Waals surface area contributed by atoms with E-state index in [1.54, 1.807) is 22.1 Å². The van der Waals surface area contributed by atoms with Gasteiger partial charge in [-0.1, -0.05) is 27.7 Å². The van der Waals surface area contributed by atoms with Crippen LogP contribution in [0.1, 0.15) is 87.6 Å². The predicted octanol–water partition coefficient (Wildman–Crippen LogP) is 6.26. The number of alkyl carbamates (subject to hydrolysis) is 2. The van der Waals surface area contributed by atoms with Crippen LogP contribution >= 0.6 is 0 Å². The number of hydrogen-bond donors (Lipinski definition) is 7. The SMILES string of the molecule is COC(=O)NC(C(=O)N1CCCC1c1ncc(-c2cc3cc4cc(C(=O)Nc5ccc6nc(C7CCCN7C(=O)C(NC(=O)OC)C(C)C)[nH]c6c5)[nH]c4cc3[nH]2)[nH]1)C(C)C. The van der Waals surface area contributed by atoms with Crippen molar-refractivity contribution in [3.8, 4) is 11.4 Å². The normalized spacial score (nSPS) is 17.7. The van der Waals surface area contributed by atoms with Gasteiger partial charge in [0.15, 0.2) is 0 Å². The molecule has 2 saturated heterocycles. The van der Waals surface area contributed by atoms with E-state index in [-0.39, 0.29) is 41.6 Å². The van der Waals surface area contributed by atoms with Crippen molar-refractivity contribution in [1.82, 2.24) is 50.3 Å². The number of ether oxygens (including phenoxy) is 2. The molecule has 18 heteroatoms. The Morgan fingerprint density at radius 3 is 1.92 bits per heavy atom. The Morgan fingerprint density at radius 2 is 1.30 bits per heavy atom. The molecule has 2 aromatic carbocycles. The first kappa shape index (κ1) is 40.9. The van der Waals surface area contributed by atoms with Crippen LogP contribution in [0, 0.1) is 11.8 Å². The second-order valence-corrected chi connectivity index (χ2v) is 16.5. The van der Waals surface area contributed by atoms with Gasteiger partial charge in [-0.2, -0.15) is 0 Å². The van der Waals surface area contributed by atoms with Crippen LogP contribution in [0.3, 0.4) is 0 Å². The molecular formula is C43H51N11O7. The summed E-state index contributed by atoms with van der Waals surface area (Å²) in [5.74, 6) is 0.382. The molecule has 6 heterocycles. The monoisotopic (exact) mass is 833 g/mol. The quantitative estimate of drug-likeness (QED) is 0.0780. The van der Waals surface area contributed by atoms with Crippen LogP contribution in [0.5, 0.6) is 0 Å². The number of rotatable bonds is 11. The van der Waals surface area contributed by atoms with E-state index in [0.717, 1.165) is 58.9 Å². The summed E-state index contributed by atoms with van der Waals surface area (Å²) in [5, 5.41) is 10.2. The maximum Gasteiger partial charge on any atom is 0.407 e. The number of likely N-dealkylation sites (tertiary alicyclic amines) is 2. The minimum absolute atomic E-state index is 0.130. The minimum atomic E-state index is -0.732. The largest absolute Gasteiger partial charge is 0.453 e. The molecule has 0 aliphatic carbocycles. The van der Waals surface area contributed by atoms with E-state index < -0.39 is 24.3 Å². The highest BCUT2D eigenvalue weighted by atomic mass is 16.5. The van der Waals surface area contributed by atoms with Crippen molar-refractivity contribution in [2.24, 2.45) is 11.8 Å². The number of benzene rings is 2. The third kappa shape index (κ3) is 8.08. The van der Waals surface area contributed by atoms with Gasteiger partial charge in [0.05, 0.1) is 54.9 Å². The lowest BCUT2D eigenvalue weighted by Crippen LogP contribution is -2.51. The van der Waals surface area contributed by atoms with E-state index in [9.17, 15) is 24.0 Å². The van der Waals surface area contributed by atoms with E-state index in [1.807, 2.05) is 64.1 Å². The van der Waals surface area contributed by atoms with E-state index >= 15 is 0 Å². The van der Waals surface area contributed by atoms with Crippen molar-refractivity contribution >= 4 is 68.4 Å². The van der Waals surface area contributed by atoms with Crippen molar-refractivity contribution in [2.45, 2.75) is 77.5 Å². The van der Waals surface area contributed by atoms with Crippen LogP contribution in [-0.2, 0) is 19.1 Å². The summed E-state index contributed by atoms with van der Waals surface area (Å²) in [6.45, 7) is 8.63.